The average Bonchev–Trinajstić information content (AvgIpc) is 2.26. The van der Waals surface area contributed by atoms with Gasteiger partial charge in [-0.05, 0) is 6.92 Å². The van der Waals surface area contributed by atoms with Crippen LogP contribution in [0.4, 0.5) is 0 Å². The van der Waals surface area contributed by atoms with E-state index in [2.05, 4.69) is 16.6 Å². The third-order valence-electron chi connectivity index (χ3n) is 2.29. The van der Waals surface area contributed by atoms with E-state index in [4.69, 9.17) is 6.42 Å². The molecule has 1 atom stereocenters. The Hall–Kier alpha value is -1.54. The number of piperazine rings is 1. The summed E-state index contributed by atoms with van der Waals surface area (Å²) < 4.78 is 0. The van der Waals surface area contributed by atoms with Gasteiger partial charge in [-0.25, -0.2) is 0 Å². The van der Waals surface area contributed by atoms with Crippen LogP contribution >= 0.6 is 0 Å². The van der Waals surface area contributed by atoms with Crippen LogP contribution in [0.25, 0.3) is 0 Å². The summed E-state index contributed by atoms with van der Waals surface area (Å²) in [6.45, 7) is 3.27. The summed E-state index contributed by atoms with van der Waals surface area (Å²) in [5, 5.41) is 5.50. The Morgan fingerprint density at radius 2 is 2.47 bits per heavy atom. The normalized spacial score (nSPS) is 20.3. The molecule has 1 rings (SSSR count). The third-order valence-corrected chi connectivity index (χ3v) is 2.29. The molecular weight excluding hydrogens is 194 g/mol. The molecule has 0 aliphatic carbocycles. The summed E-state index contributed by atoms with van der Waals surface area (Å²) in [5.41, 5.74) is 0. The van der Waals surface area contributed by atoms with Crippen LogP contribution in [-0.2, 0) is 9.59 Å². The molecule has 0 aromatic heterocycles. The molecule has 1 unspecified atom stereocenters. The minimum Gasteiger partial charge on any atom is -0.353 e. The predicted molar refractivity (Wildman–Crippen MR) is 55.9 cm³/mol. The van der Waals surface area contributed by atoms with Gasteiger partial charge in [-0.2, -0.15) is 0 Å². The van der Waals surface area contributed by atoms with E-state index in [1.807, 2.05) is 6.92 Å². The second-order valence-corrected chi connectivity index (χ2v) is 3.29. The van der Waals surface area contributed by atoms with Crippen LogP contribution in [0.3, 0.4) is 0 Å². The quantitative estimate of drug-likeness (QED) is 0.559. The first-order valence-electron chi connectivity index (χ1n) is 4.91. The number of hydrogen-bond acceptors (Lipinski definition) is 3. The minimum absolute atomic E-state index is 0.0598. The topological polar surface area (TPSA) is 61.4 Å². The summed E-state index contributed by atoms with van der Waals surface area (Å²) in [4.78, 5) is 24.3. The zero-order valence-electron chi connectivity index (χ0n) is 8.75. The number of hydrogen-bond donors (Lipinski definition) is 2. The summed E-state index contributed by atoms with van der Waals surface area (Å²) in [6, 6.07) is -0.351. The number of likely N-dealkylation sites (N-methyl/N-ethyl adjacent to an activating group) is 1. The van der Waals surface area contributed by atoms with E-state index in [-0.39, 0.29) is 24.4 Å². The van der Waals surface area contributed by atoms with Gasteiger partial charge in [0.05, 0.1) is 13.1 Å². The molecule has 15 heavy (non-hydrogen) atoms. The smallest absolute Gasteiger partial charge is 0.242 e. The van der Waals surface area contributed by atoms with Crippen LogP contribution in [0.1, 0.15) is 6.92 Å². The monoisotopic (exact) mass is 209 g/mol. The SMILES string of the molecule is C#CCN(CC)C(=O)C1CNC(=O)CN1. The standard InChI is InChI=1S/C10H15N3O2/c1-3-5-13(4-2)10(15)8-6-12-9(14)7-11-8/h1,8,11H,4-7H2,2H3,(H,12,14). The van der Waals surface area contributed by atoms with Crippen molar-refractivity contribution >= 4 is 11.8 Å². The third kappa shape index (κ3) is 2.96. The minimum atomic E-state index is -0.351. The van der Waals surface area contributed by atoms with Crippen molar-refractivity contribution in [3.63, 3.8) is 0 Å². The maximum absolute atomic E-state index is 11.8. The Morgan fingerprint density at radius 1 is 1.73 bits per heavy atom. The number of terminal acetylenes is 1. The van der Waals surface area contributed by atoms with Gasteiger partial charge >= 0.3 is 0 Å². The lowest BCUT2D eigenvalue weighted by Crippen LogP contribution is -2.58. The van der Waals surface area contributed by atoms with E-state index in [1.165, 1.54) is 0 Å². The molecule has 0 bridgehead atoms. The summed E-state index contributed by atoms with van der Waals surface area (Å²) in [7, 11) is 0. The van der Waals surface area contributed by atoms with Crippen LogP contribution in [0.2, 0.25) is 0 Å². The number of nitrogens with one attached hydrogen (secondary N) is 2. The summed E-state index contributed by atoms with van der Waals surface area (Å²) in [6.07, 6.45) is 5.16. The maximum Gasteiger partial charge on any atom is 0.242 e. The highest BCUT2D eigenvalue weighted by Crippen LogP contribution is 1.97. The molecule has 0 saturated carbocycles. The fourth-order valence-corrected chi connectivity index (χ4v) is 1.42. The van der Waals surface area contributed by atoms with E-state index < -0.39 is 0 Å². The van der Waals surface area contributed by atoms with Gasteiger partial charge in [0.15, 0.2) is 0 Å². The molecule has 5 heteroatoms. The van der Waals surface area contributed by atoms with E-state index in [1.54, 1.807) is 4.90 Å². The molecule has 0 spiro atoms. The molecule has 2 amide bonds. The van der Waals surface area contributed by atoms with Crippen molar-refractivity contribution in [1.82, 2.24) is 15.5 Å². The fraction of sp³-hybridized carbons (Fsp3) is 0.600. The first-order valence-corrected chi connectivity index (χ1v) is 4.91. The molecular formula is C10H15N3O2. The van der Waals surface area contributed by atoms with Crippen molar-refractivity contribution in [2.24, 2.45) is 0 Å². The molecule has 1 aliphatic rings. The number of rotatable bonds is 3. The van der Waals surface area contributed by atoms with Crippen LogP contribution in [0, 0.1) is 12.3 Å². The van der Waals surface area contributed by atoms with Gasteiger partial charge in [0.25, 0.3) is 0 Å². The van der Waals surface area contributed by atoms with Gasteiger partial charge in [0, 0.05) is 13.1 Å². The predicted octanol–water partition coefficient (Wildman–Crippen LogP) is -1.44. The van der Waals surface area contributed by atoms with Gasteiger partial charge in [-0.15, -0.1) is 6.42 Å². The fourth-order valence-electron chi connectivity index (χ4n) is 1.42. The van der Waals surface area contributed by atoms with Gasteiger partial charge in [0.2, 0.25) is 11.8 Å². The zero-order valence-corrected chi connectivity index (χ0v) is 8.75. The Balaban J connectivity index is 2.52. The molecule has 1 fully saturated rings. The van der Waals surface area contributed by atoms with Gasteiger partial charge in [0.1, 0.15) is 6.04 Å². The van der Waals surface area contributed by atoms with Crippen LogP contribution in [-0.4, -0.2) is 48.9 Å². The molecule has 2 N–H and O–H groups in total. The Bertz CT molecular complexity index is 286. The van der Waals surface area contributed by atoms with Crippen molar-refractivity contribution in [1.29, 1.82) is 0 Å². The van der Waals surface area contributed by atoms with E-state index in [0.29, 0.717) is 19.6 Å². The number of carbonyl (C=O) groups is 2. The second kappa shape index (κ2) is 5.37. The summed E-state index contributed by atoms with van der Waals surface area (Å²) >= 11 is 0. The molecule has 5 nitrogen and oxygen atoms in total. The van der Waals surface area contributed by atoms with Gasteiger partial charge < -0.3 is 10.2 Å². The number of nitrogens with zero attached hydrogens (tertiary/aromatic N) is 1. The lowest BCUT2D eigenvalue weighted by atomic mass is 10.2. The van der Waals surface area contributed by atoms with Crippen LogP contribution in [0.5, 0.6) is 0 Å². The molecule has 82 valence electrons. The Labute approximate surface area is 89.2 Å². The molecule has 0 radical (unpaired) electrons. The van der Waals surface area contributed by atoms with Crippen molar-refractivity contribution in [2.45, 2.75) is 13.0 Å². The second-order valence-electron chi connectivity index (χ2n) is 3.29. The molecule has 1 aliphatic heterocycles. The maximum atomic E-state index is 11.8. The largest absolute Gasteiger partial charge is 0.353 e. The van der Waals surface area contributed by atoms with Crippen LogP contribution in [0.15, 0.2) is 0 Å². The number of carbonyl (C=O) groups excluding carboxylic acids is 2. The molecule has 1 heterocycles. The first kappa shape index (κ1) is 11.5. The van der Waals surface area contributed by atoms with Gasteiger partial charge in [-0.1, -0.05) is 5.92 Å². The van der Waals surface area contributed by atoms with E-state index >= 15 is 0 Å². The average molecular weight is 209 g/mol. The lowest BCUT2D eigenvalue weighted by Gasteiger charge is -2.28. The zero-order chi connectivity index (χ0) is 11.3. The van der Waals surface area contributed by atoms with Crippen molar-refractivity contribution in [3.8, 4) is 12.3 Å². The Morgan fingerprint density at radius 3 is 2.93 bits per heavy atom. The lowest BCUT2D eigenvalue weighted by molar-refractivity contribution is -0.134. The van der Waals surface area contributed by atoms with Crippen molar-refractivity contribution in [2.75, 3.05) is 26.2 Å². The van der Waals surface area contributed by atoms with E-state index in [9.17, 15) is 9.59 Å². The van der Waals surface area contributed by atoms with Crippen molar-refractivity contribution < 1.29 is 9.59 Å². The first-order chi connectivity index (χ1) is 7.19. The highest BCUT2D eigenvalue weighted by molar-refractivity contribution is 5.86. The van der Waals surface area contributed by atoms with E-state index in [0.717, 1.165) is 0 Å². The highest BCUT2D eigenvalue weighted by Gasteiger charge is 2.26. The molecule has 0 aromatic rings. The van der Waals surface area contributed by atoms with Crippen molar-refractivity contribution in [3.05, 3.63) is 0 Å². The summed E-state index contributed by atoms with van der Waals surface area (Å²) in [5.74, 6) is 2.29. The molecule has 1 saturated heterocycles. The Kier molecular flexibility index (Phi) is 4.13. The van der Waals surface area contributed by atoms with Crippen LogP contribution < -0.4 is 10.6 Å². The molecule has 0 aromatic carbocycles. The highest BCUT2D eigenvalue weighted by atomic mass is 16.2. The van der Waals surface area contributed by atoms with Gasteiger partial charge in [-0.3, -0.25) is 14.9 Å². The number of amides is 2.